The van der Waals surface area contributed by atoms with E-state index in [9.17, 15) is 4.39 Å². The molecule has 0 amide bonds. The highest BCUT2D eigenvalue weighted by Gasteiger charge is 2.13. The van der Waals surface area contributed by atoms with Crippen LogP contribution in [0.2, 0.25) is 5.15 Å². The number of aryl methyl sites for hydroxylation is 1. The third-order valence-electron chi connectivity index (χ3n) is 2.29. The molecule has 18 heavy (non-hydrogen) atoms. The van der Waals surface area contributed by atoms with Gasteiger partial charge < -0.3 is 9.47 Å². The van der Waals surface area contributed by atoms with Crippen LogP contribution in [0, 0.1) is 12.7 Å². The standard InChI is InChI=1S/C12H10ClFN2O2/c1-7-3-4-8(14)5-9(7)18-12-10(17-2)11(13)15-6-16-12/h3-6H,1-2H3. The Kier molecular flexibility index (Phi) is 3.62. The minimum Gasteiger partial charge on any atom is -0.489 e. The molecule has 0 spiro atoms. The van der Waals surface area contributed by atoms with E-state index in [-0.39, 0.29) is 16.8 Å². The fourth-order valence-corrected chi connectivity index (χ4v) is 1.57. The molecule has 2 rings (SSSR count). The Hall–Kier alpha value is -1.88. The van der Waals surface area contributed by atoms with E-state index >= 15 is 0 Å². The van der Waals surface area contributed by atoms with Gasteiger partial charge in [-0.2, -0.15) is 4.98 Å². The molecule has 0 atom stereocenters. The normalized spacial score (nSPS) is 10.2. The summed E-state index contributed by atoms with van der Waals surface area (Å²) < 4.78 is 23.7. The number of benzene rings is 1. The second kappa shape index (κ2) is 5.18. The van der Waals surface area contributed by atoms with Gasteiger partial charge in [0.2, 0.25) is 5.75 Å². The van der Waals surface area contributed by atoms with Gasteiger partial charge in [0.1, 0.15) is 17.9 Å². The van der Waals surface area contributed by atoms with Crippen molar-refractivity contribution in [3.8, 4) is 17.4 Å². The van der Waals surface area contributed by atoms with Crippen molar-refractivity contribution in [1.29, 1.82) is 0 Å². The highest BCUT2D eigenvalue weighted by Crippen LogP contribution is 2.34. The van der Waals surface area contributed by atoms with Crippen LogP contribution in [0.1, 0.15) is 5.56 Å². The first kappa shape index (κ1) is 12.6. The van der Waals surface area contributed by atoms with Gasteiger partial charge in [-0.05, 0) is 18.6 Å². The third kappa shape index (κ3) is 2.51. The zero-order chi connectivity index (χ0) is 13.1. The van der Waals surface area contributed by atoms with E-state index in [0.717, 1.165) is 5.56 Å². The summed E-state index contributed by atoms with van der Waals surface area (Å²) in [5.41, 5.74) is 0.771. The number of hydrogen-bond donors (Lipinski definition) is 0. The quantitative estimate of drug-likeness (QED) is 0.801. The van der Waals surface area contributed by atoms with Crippen LogP contribution in [0.15, 0.2) is 24.5 Å². The van der Waals surface area contributed by atoms with Gasteiger partial charge >= 0.3 is 0 Å². The molecule has 0 saturated heterocycles. The molecule has 0 aliphatic carbocycles. The number of halogens is 2. The predicted molar refractivity (Wildman–Crippen MR) is 64.8 cm³/mol. The molecule has 2 aromatic rings. The molecule has 1 aromatic carbocycles. The molecule has 0 aliphatic heterocycles. The van der Waals surface area contributed by atoms with Crippen LogP contribution < -0.4 is 9.47 Å². The van der Waals surface area contributed by atoms with Gasteiger partial charge in [0.15, 0.2) is 5.15 Å². The lowest BCUT2D eigenvalue weighted by atomic mass is 10.2. The summed E-state index contributed by atoms with van der Waals surface area (Å²) in [6.45, 7) is 1.80. The summed E-state index contributed by atoms with van der Waals surface area (Å²) in [6, 6.07) is 4.23. The Bertz CT molecular complexity index is 578. The lowest BCUT2D eigenvalue weighted by Crippen LogP contribution is -1.97. The molecule has 0 aliphatic rings. The molecule has 0 unspecified atom stereocenters. The summed E-state index contributed by atoms with van der Waals surface area (Å²) in [4.78, 5) is 7.68. The van der Waals surface area contributed by atoms with Crippen LogP contribution >= 0.6 is 11.6 Å². The largest absolute Gasteiger partial charge is 0.489 e. The monoisotopic (exact) mass is 268 g/mol. The number of aromatic nitrogens is 2. The molecule has 0 fully saturated rings. The molecule has 0 bridgehead atoms. The SMILES string of the molecule is COc1c(Cl)ncnc1Oc1cc(F)ccc1C. The smallest absolute Gasteiger partial charge is 0.267 e. The minimum atomic E-state index is -0.394. The Labute approximate surface area is 108 Å². The first-order valence-electron chi connectivity index (χ1n) is 5.10. The number of methoxy groups -OCH3 is 1. The van der Waals surface area contributed by atoms with Crippen molar-refractivity contribution >= 4 is 11.6 Å². The third-order valence-corrected chi connectivity index (χ3v) is 2.56. The maximum atomic E-state index is 13.1. The molecule has 0 N–H and O–H groups in total. The maximum Gasteiger partial charge on any atom is 0.267 e. The van der Waals surface area contributed by atoms with Crippen molar-refractivity contribution in [3.05, 3.63) is 41.1 Å². The van der Waals surface area contributed by atoms with Crippen molar-refractivity contribution < 1.29 is 13.9 Å². The van der Waals surface area contributed by atoms with E-state index in [0.29, 0.717) is 5.75 Å². The summed E-state index contributed by atoms with van der Waals surface area (Å²) in [5, 5.41) is 0.136. The Morgan fingerprint density at radius 2 is 2.06 bits per heavy atom. The molecule has 94 valence electrons. The van der Waals surface area contributed by atoms with Crippen molar-refractivity contribution in [3.63, 3.8) is 0 Å². The van der Waals surface area contributed by atoms with Crippen molar-refractivity contribution in [2.24, 2.45) is 0 Å². The first-order chi connectivity index (χ1) is 8.61. The molecule has 1 heterocycles. The highest BCUT2D eigenvalue weighted by molar-refractivity contribution is 6.31. The van der Waals surface area contributed by atoms with Gasteiger partial charge in [0.05, 0.1) is 7.11 Å². The van der Waals surface area contributed by atoms with Crippen molar-refractivity contribution in [1.82, 2.24) is 9.97 Å². The van der Waals surface area contributed by atoms with E-state index < -0.39 is 5.82 Å². The minimum absolute atomic E-state index is 0.136. The summed E-state index contributed by atoms with van der Waals surface area (Å²) in [6.07, 6.45) is 1.24. The van der Waals surface area contributed by atoms with Crippen LogP contribution in [-0.4, -0.2) is 17.1 Å². The second-order valence-corrected chi connectivity index (χ2v) is 3.87. The van der Waals surface area contributed by atoms with E-state index in [2.05, 4.69) is 9.97 Å². The zero-order valence-electron chi connectivity index (χ0n) is 9.78. The molecular weight excluding hydrogens is 259 g/mol. The fourth-order valence-electron chi connectivity index (χ4n) is 1.37. The lowest BCUT2D eigenvalue weighted by molar-refractivity contribution is 0.365. The zero-order valence-corrected chi connectivity index (χ0v) is 10.5. The van der Waals surface area contributed by atoms with Crippen LogP contribution in [0.5, 0.6) is 17.4 Å². The summed E-state index contributed by atoms with van der Waals surface area (Å²) in [5.74, 6) is 0.312. The van der Waals surface area contributed by atoms with E-state index in [4.69, 9.17) is 21.1 Å². The van der Waals surface area contributed by atoms with Gasteiger partial charge in [0.25, 0.3) is 5.88 Å². The fraction of sp³-hybridized carbons (Fsp3) is 0.167. The summed E-state index contributed by atoms with van der Waals surface area (Å²) >= 11 is 5.84. The average Bonchev–Trinajstić information content (AvgIpc) is 2.34. The Balaban J connectivity index is 2.40. The number of hydrogen-bond acceptors (Lipinski definition) is 4. The first-order valence-corrected chi connectivity index (χ1v) is 5.48. The van der Waals surface area contributed by atoms with Crippen molar-refractivity contribution in [2.75, 3.05) is 7.11 Å². The van der Waals surface area contributed by atoms with Crippen LogP contribution in [0.4, 0.5) is 4.39 Å². The summed E-state index contributed by atoms with van der Waals surface area (Å²) in [7, 11) is 1.43. The molecule has 0 saturated carbocycles. The lowest BCUT2D eigenvalue weighted by Gasteiger charge is -2.11. The van der Waals surface area contributed by atoms with E-state index in [1.807, 2.05) is 0 Å². The van der Waals surface area contributed by atoms with Crippen molar-refractivity contribution in [2.45, 2.75) is 6.92 Å². The topological polar surface area (TPSA) is 44.2 Å². The van der Waals surface area contributed by atoms with E-state index in [1.165, 1.54) is 25.6 Å². The second-order valence-electron chi connectivity index (χ2n) is 3.51. The van der Waals surface area contributed by atoms with Gasteiger partial charge in [0, 0.05) is 6.07 Å². The molecule has 0 radical (unpaired) electrons. The van der Waals surface area contributed by atoms with Crippen LogP contribution in [0.3, 0.4) is 0 Å². The van der Waals surface area contributed by atoms with Gasteiger partial charge in [-0.25, -0.2) is 9.37 Å². The molecular formula is C12H10ClFN2O2. The number of ether oxygens (including phenoxy) is 2. The number of rotatable bonds is 3. The Morgan fingerprint density at radius 3 is 2.78 bits per heavy atom. The van der Waals surface area contributed by atoms with Gasteiger partial charge in [-0.15, -0.1) is 0 Å². The highest BCUT2D eigenvalue weighted by atomic mass is 35.5. The maximum absolute atomic E-state index is 13.1. The van der Waals surface area contributed by atoms with E-state index in [1.54, 1.807) is 13.0 Å². The van der Waals surface area contributed by atoms with Gasteiger partial charge in [-0.3, -0.25) is 0 Å². The molecule has 4 nitrogen and oxygen atoms in total. The van der Waals surface area contributed by atoms with Crippen LogP contribution in [-0.2, 0) is 0 Å². The molecule has 6 heteroatoms. The average molecular weight is 269 g/mol. The van der Waals surface area contributed by atoms with Gasteiger partial charge in [-0.1, -0.05) is 17.7 Å². The Morgan fingerprint density at radius 1 is 1.28 bits per heavy atom. The molecule has 1 aromatic heterocycles. The number of nitrogens with zero attached hydrogens (tertiary/aromatic N) is 2. The predicted octanol–water partition coefficient (Wildman–Crippen LogP) is 3.38. The van der Waals surface area contributed by atoms with Crippen LogP contribution in [0.25, 0.3) is 0 Å².